The van der Waals surface area contributed by atoms with E-state index in [9.17, 15) is 0 Å². The van der Waals surface area contributed by atoms with Crippen LogP contribution in [0.15, 0.2) is 18.2 Å². The molecule has 0 saturated carbocycles. The van der Waals surface area contributed by atoms with E-state index in [0.717, 1.165) is 13.0 Å². The summed E-state index contributed by atoms with van der Waals surface area (Å²) in [7, 11) is 0. The Morgan fingerprint density at radius 1 is 1.35 bits per heavy atom. The average Bonchev–Trinajstić information content (AvgIpc) is 2.71. The third kappa shape index (κ3) is 2.68. The summed E-state index contributed by atoms with van der Waals surface area (Å²) in [6, 6.07) is 6.74. The van der Waals surface area contributed by atoms with E-state index < -0.39 is 0 Å². The van der Waals surface area contributed by atoms with Gasteiger partial charge in [0.15, 0.2) is 0 Å². The third-order valence-corrected chi connectivity index (χ3v) is 3.77. The third-order valence-electron chi connectivity index (χ3n) is 3.77. The Bertz CT molecular complexity index is 392. The van der Waals surface area contributed by atoms with Crippen LogP contribution in [-0.4, -0.2) is 12.7 Å². The molecule has 0 bridgehead atoms. The topological polar surface area (TPSA) is 47.3 Å². The van der Waals surface area contributed by atoms with Crippen LogP contribution in [0.4, 0.5) is 0 Å². The molecule has 0 amide bonds. The Morgan fingerprint density at radius 2 is 2.12 bits per heavy atom. The van der Waals surface area contributed by atoms with Crippen LogP contribution in [0.1, 0.15) is 36.1 Å². The fourth-order valence-electron chi connectivity index (χ4n) is 2.55. The van der Waals surface area contributed by atoms with Crippen molar-refractivity contribution in [1.29, 1.82) is 0 Å². The molecule has 0 aliphatic carbocycles. The van der Waals surface area contributed by atoms with Crippen molar-refractivity contribution in [2.75, 3.05) is 6.61 Å². The maximum absolute atomic E-state index is 5.71. The molecule has 1 fully saturated rings. The van der Waals surface area contributed by atoms with Crippen LogP contribution < -0.4 is 11.3 Å². The van der Waals surface area contributed by atoms with Crippen molar-refractivity contribution in [3.8, 4) is 0 Å². The van der Waals surface area contributed by atoms with Gasteiger partial charge in [-0.05, 0) is 43.9 Å². The molecule has 3 nitrogen and oxygen atoms in total. The summed E-state index contributed by atoms with van der Waals surface area (Å²) in [6.45, 7) is 7.18. The van der Waals surface area contributed by atoms with Gasteiger partial charge < -0.3 is 4.74 Å². The Hall–Kier alpha value is -0.900. The molecule has 1 aromatic carbocycles. The van der Waals surface area contributed by atoms with Gasteiger partial charge in [-0.15, -0.1) is 0 Å². The van der Waals surface area contributed by atoms with Crippen molar-refractivity contribution in [3.63, 3.8) is 0 Å². The zero-order chi connectivity index (χ0) is 12.4. The first kappa shape index (κ1) is 12.6. The summed E-state index contributed by atoms with van der Waals surface area (Å²) in [5.41, 5.74) is 6.84. The quantitative estimate of drug-likeness (QED) is 0.623. The molecule has 3 atom stereocenters. The summed E-state index contributed by atoms with van der Waals surface area (Å²) in [6.07, 6.45) is 1.42. The maximum atomic E-state index is 5.71. The number of aryl methyl sites for hydroxylation is 2. The highest BCUT2D eigenvalue weighted by Gasteiger charge is 2.30. The van der Waals surface area contributed by atoms with Crippen LogP contribution in [0.3, 0.4) is 0 Å². The molecule has 1 saturated heterocycles. The number of nitrogens with one attached hydrogen (secondary N) is 1. The number of hydrazine groups is 1. The molecule has 3 heteroatoms. The molecule has 0 spiro atoms. The molecule has 0 radical (unpaired) electrons. The fourth-order valence-corrected chi connectivity index (χ4v) is 2.55. The Labute approximate surface area is 103 Å². The van der Waals surface area contributed by atoms with E-state index in [1.165, 1.54) is 16.7 Å². The Morgan fingerprint density at radius 3 is 2.65 bits per heavy atom. The van der Waals surface area contributed by atoms with Gasteiger partial charge in [-0.2, -0.15) is 0 Å². The van der Waals surface area contributed by atoms with Crippen molar-refractivity contribution in [1.82, 2.24) is 5.43 Å². The number of rotatable bonds is 3. The van der Waals surface area contributed by atoms with Crippen molar-refractivity contribution in [3.05, 3.63) is 34.9 Å². The number of nitrogens with two attached hydrogens (primary N) is 1. The SMILES string of the molecule is Cc1ccc(C(NN)C2COC(C)C2)cc1C. The highest BCUT2D eigenvalue weighted by Crippen LogP contribution is 2.31. The summed E-state index contributed by atoms with van der Waals surface area (Å²) < 4.78 is 5.63. The van der Waals surface area contributed by atoms with Crippen molar-refractivity contribution < 1.29 is 4.74 Å². The van der Waals surface area contributed by atoms with Gasteiger partial charge in [-0.1, -0.05) is 18.2 Å². The van der Waals surface area contributed by atoms with Crippen LogP contribution in [0.5, 0.6) is 0 Å². The highest BCUT2D eigenvalue weighted by molar-refractivity contribution is 5.32. The summed E-state index contributed by atoms with van der Waals surface area (Å²) in [5, 5.41) is 0. The molecule has 0 aromatic heterocycles. The van der Waals surface area contributed by atoms with E-state index >= 15 is 0 Å². The zero-order valence-electron chi connectivity index (χ0n) is 10.9. The Kier molecular flexibility index (Phi) is 3.82. The van der Waals surface area contributed by atoms with Crippen molar-refractivity contribution >= 4 is 0 Å². The molecule has 2 rings (SSSR count). The highest BCUT2D eigenvalue weighted by atomic mass is 16.5. The van der Waals surface area contributed by atoms with Gasteiger partial charge in [0, 0.05) is 5.92 Å². The monoisotopic (exact) mass is 234 g/mol. The van der Waals surface area contributed by atoms with Gasteiger partial charge in [0.05, 0.1) is 18.8 Å². The van der Waals surface area contributed by atoms with E-state index in [-0.39, 0.29) is 6.04 Å². The van der Waals surface area contributed by atoms with Gasteiger partial charge in [0.2, 0.25) is 0 Å². The first-order valence-corrected chi connectivity index (χ1v) is 6.26. The lowest BCUT2D eigenvalue weighted by molar-refractivity contribution is 0.117. The number of hydrogen-bond acceptors (Lipinski definition) is 3. The molecular formula is C14H22N2O. The van der Waals surface area contributed by atoms with Gasteiger partial charge in [0.1, 0.15) is 0 Å². The van der Waals surface area contributed by atoms with Crippen LogP contribution in [0, 0.1) is 19.8 Å². The first-order chi connectivity index (χ1) is 8.11. The van der Waals surface area contributed by atoms with Crippen LogP contribution in [0.25, 0.3) is 0 Å². The van der Waals surface area contributed by atoms with E-state index in [2.05, 4.69) is 44.4 Å². The molecule has 94 valence electrons. The normalized spacial score (nSPS) is 26.1. The molecule has 1 aliphatic heterocycles. The molecule has 17 heavy (non-hydrogen) atoms. The lowest BCUT2D eigenvalue weighted by atomic mass is 9.90. The lowest BCUT2D eigenvalue weighted by Gasteiger charge is -2.22. The Balaban J connectivity index is 2.20. The van der Waals surface area contributed by atoms with Gasteiger partial charge in [0.25, 0.3) is 0 Å². The molecule has 3 N–H and O–H groups in total. The van der Waals surface area contributed by atoms with E-state index in [0.29, 0.717) is 12.0 Å². The van der Waals surface area contributed by atoms with Crippen LogP contribution in [-0.2, 0) is 4.74 Å². The van der Waals surface area contributed by atoms with Crippen molar-refractivity contribution in [2.24, 2.45) is 11.8 Å². The predicted molar refractivity (Wildman–Crippen MR) is 69.5 cm³/mol. The molecule has 1 aromatic rings. The molecule has 1 heterocycles. The predicted octanol–water partition coefficient (Wildman–Crippen LogP) is 2.23. The zero-order valence-corrected chi connectivity index (χ0v) is 10.9. The minimum atomic E-state index is 0.194. The smallest absolute Gasteiger partial charge is 0.0551 e. The van der Waals surface area contributed by atoms with E-state index in [1.807, 2.05) is 0 Å². The molecule has 3 unspecified atom stereocenters. The molecule has 1 aliphatic rings. The minimum absolute atomic E-state index is 0.194. The minimum Gasteiger partial charge on any atom is -0.378 e. The largest absolute Gasteiger partial charge is 0.378 e. The summed E-state index contributed by atoms with van der Waals surface area (Å²) >= 11 is 0. The van der Waals surface area contributed by atoms with E-state index in [1.54, 1.807) is 0 Å². The van der Waals surface area contributed by atoms with Crippen LogP contribution in [0.2, 0.25) is 0 Å². The van der Waals surface area contributed by atoms with Gasteiger partial charge in [-0.3, -0.25) is 11.3 Å². The average molecular weight is 234 g/mol. The summed E-state index contributed by atoms with van der Waals surface area (Å²) in [5.74, 6) is 6.18. The van der Waals surface area contributed by atoms with Crippen LogP contribution >= 0.6 is 0 Å². The number of hydrogen-bond donors (Lipinski definition) is 2. The lowest BCUT2D eigenvalue weighted by Crippen LogP contribution is -2.34. The fraction of sp³-hybridized carbons (Fsp3) is 0.571. The first-order valence-electron chi connectivity index (χ1n) is 6.26. The molecular weight excluding hydrogens is 212 g/mol. The second-order valence-electron chi connectivity index (χ2n) is 5.13. The number of ether oxygens (including phenoxy) is 1. The van der Waals surface area contributed by atoms with Gasteiger partial charge >= 0.3 is 0 Å². The standard InChI is InChI=1S/C14H22N2O/c1-9-4-5-12(6-10(9)2)14(16-15)13-7-11(3)17-8-13/h4-6,11,13-14,16H,7-8,15H2,1-3H3. The number of benzene rings is 1. The van der Waals surface area contributed by atoms with Gasteiger partial charge in [-0.25, -0.2) is 0 Å². The maximum Gasteiger partial charge on any atom is 0.0551 e. The summed E-state index contributed by atoms with van der Waals surface area (Å²) in [4.78, 5) is 0. The second kappa shape index (κ2) is 5.17. The second-order valence-corrected chi connectivity index (χ2v) is 5.13. The van der Waals surface area contributed by atoms with Crippen molar-refractivity contribution in [2.45, 2.75) is 39.3 Å². The van der Waals surface area contributed by atoms with E-state index in [4.69, 9.17) is 10.6 Å².